The number of aliphatic carboxylic acids is 1. The average molecular weight is 935 g/mol. The minimum Gasteiger partial charge on any atom is -0.497 e. The number of fused-ring (bicyclic) bond motifs is 4. The van der Waals surface area contributed by atoms with Crippen molar-refractivity contribution in [2.45, 2.75) is 115 Å². The SMILES string of the molecule is COc1ccc2c(O[C@@H]3C[C@H]4C(=O)N[C@]5(C(=O)O)CC5/C=C\CCCCC[C@@H](NC(=O)N[C@H](CN5C(=O)c6ccccc6C5=O)C(C)(C)C)C(=O)N4C3)cc(-c3csc(NC(C)C)n3)nc2c1. The second-order valence-corrected chi connectivity index (χ2v) is 20.1. The number of methoxy groups -OCH3 is 1. The Labute approximate surface area is 393 Å². The van der Waals surface area contributed by atoms with Gasteiger partial charge in [-0.2, -0.15) is 0 Å². The number of carbonyl (C=O) groups excluding carboxylic acids is 5. The number of amides is 6. The molecule has 0 spiro atoms. The molecule has 18 heteroatoms. The summed E-state index contributed by atoms with van der Waals surface area (Å²) in [5.41, 5.74) is 0.162. The zero-order chi connectivity index (χ0) is 47.8. The summed E-state index contributed by atoms with van der Waals surface area (Å²) in [5, 5.41) is 25.7. The first-order valence-electron chi connectivity index (χ1n) is 22.9. The van der Waals surface area contributed by atoms with Crippen molar-refractivity contribution in [3.05, 3.63) is 77.2 Å². The number of nitrogens with one attached hydrogen (secondary N) is 4. The number of carboxylic acids is 1. The summed E-state index contributed by atoms with van der Waals surface area (Å²) in [6.07, 6.45) is 6.26. The number of imide groups is 1. The molecule has 354 valence electrons. The molecule has 67 heavy (non-hydrogen) atoms. The van der Waals surface area contributed by atoms with Gasteiger partial charge in [-0.15, -0.1) is 11.3 Å². The van der Waals surface area contributed by atoms with Crippen molar-refractivity contribution >= 4 is 63.0 Å². The van der Waals surface area contributed by atoms with E-state index in [9.17, 15) is 29.1 Å². The van der Waals surface area contributed by atoms with Crippen LogP contribution in [0.3, 0.4) is 0 Å². The van der Waals surface area contributed by atoms with Gasteiger partial charge in [0.2, 0.25) is 11.8 Å². The Bertz CT molecular complexity index is 2590. The van der Waals surface area contributed by atoms with E-state index >= 15 is 4.79 Å². The quantitative estimate of drug-likeness (QED) is 0.0816. The summed E-state index contributed by atoms with van der Waals surface area (Å²) < 4.78 is 12.3. The van der Waals surface area contributed by atoms with Crippen LogP contribution in [0.4, 0.5) is 9.93 Å². The number of aromatic nitrogens is 2. The number of thiazole rings is 1. The van der Waals surface area contributed by atoms with Gasteiger partial charge < -0.3 is 40.7 Å². The number of benzene rings is 2. The highest BCUT2D eigenvalue weighted by Gasteiger charge is 2.61. The maximum atomic E-state index is 15.0. The molecule has 1 aliphatic carbocycles. The van der Waals surface area contributed by atoms with Crippen LogP contribution in [0.5, 0.6) is 11.5 Å². The number of pyridine rings is 1. The third-order valence-electron chi connectivity index (χ3n) is 13.0. The first kappa shape index (κ1) is 47.0. The van der Waals surface area contributed by atoms with Crippen LogP contribution in [-0.4, -0.2) is 117 Å². The Morgan fingerprint density at radius 3 is 2.43 bits per heavy atom. The number of ether oxygens (including phenoxy) is 2. The van der Waals surface area contributed by atoms with E-state index in [1.54, 1.807) is 49.6 Å². The van der Waals surface area contributed by atoms with Crippen molar-refractivity contribution < 1.29 is 43.3 Å². The van der Waals surface area contributed by atoms with Gasteiger partial charge in [0.15, 0.2) is 5.13 Å². The van der Waals surface area contributed by atoms with Crippen LogP contribution in [0.1, 0.15) is 100 Å². The number of hydrogen-bond donors (Lipinski definition) is 5. The minimum absolute atomic E-state index is 0.0214. The van der Waals surface area contributed by atoms with Gasteiger partial charge >= 0.3 is 12.0 Å². The number of carboxylic acid groups (broad SMARTS) is 1. The van der Waals surface area contributed by atoms with E-state index in [0.717, 1.165) is 22.9 Å². The maximum absolute atomic E-state index is 15.0. The van der Waals surface area contributed by atoms with E-state index in [-0.39, 0.29) is 38.4 Å². The smallest absolute Gasteiger partial charge is 0.330 e. The molecule has 4 aromatic rings. The molecular formula is C49H58N8O9S. The van der Waals surface area contributed by atoms with Gasteiger partial charge in [0.1, 0.15) is 40.9 Å². The molecule has 2 aromatic heterocycles. The lowest BCUT2D eigenvalue weighted by atomic mass is 9.86. The number of nitrogens with zero attached hydrogens (tertiary/aromatic N) is 4. The van der Waals surface area contributed by atoms with Crippen LogP contribution in [0.2, 0.25) is 0 Å². The van der Waals surface area contributed by atoms with Crippen LogP contribution in [-0.2, 0) is 14.4 Å². The average Bonchev–Trinajstić information content (AvgIpc) is 3.51. The third-order valence-corrected chi connectivity index (χ3v) is 13.7. The summed E-state index contributed by atoms with van der Waals surface area (Å²) in [6.45, 7) is 9.53. The summed E-state index contributed by atoms with van der Waals surface area (Å²) in [4.78, 5) is 95.2. The van der Waals surface area contributed by atoms with Gasteiger partial charge in [0.25, 0.3) is 11.8 Å². The standard InChI is InChI=1S/C49H58N8O9S/c1-27(2)50-47-53-37(26-67-47)36-22-39(33-19-18-29(65-6)20-35(33)51-36)66-30-21-38-41(58)55-49(45(62)63)23-28(49)14-10-8-7-9-11-17-34(44(61)56(38)24-30)52-46(64)54-40(48(3,4)5)25-57-42(59)31-15-12-13-16-32(31)43(57)60/h10,12-16,18-20,22,26-28,30,34,38,40H,7-9,11,17,21,23-25H2,1-6H3,(H,50,53)(H,55,58)(H,62,63)(H2,52,54,64)/b14-10-/t28?,30-,34-,38+,40-,49-/m1/s1. The predicted molar refractivity (Wildman–Crippen MR) is 252 cm³/mol. The van der Waals surface area contributed by atoms with E-state index in [4.69, 9.17) is 19.4 Å². The monoisotopic (exact) mass is 934 g/mol. The molecule has 8 rings (SSSR count). The fourth-order valence-electron chi connectivity index (χ4n) is 9.04. The summed E-state index contributed by atoms with van der Waals surface area (Å²) in [5.74, 6) is -2.62. The van der Waals surface area contributed by atoms with Crippen LogP contribution in [0.25, 0.3) is 22.3 Å². The molecule has 17 nitrogen and oxygen atoms in total. The molecule has 3 aliphatic heterocycles. The van der Waals surface area contributed by atoms with Crippen molar-refractivity contribution in [2.75, 3.05) is 25.5 Å². The first-order chi connectivity index (χ1) is 31.9. The van der Waals surface area contributed by atoms with Gasteiger partial charge in [0, 0.05) is 41.3 Å². The summed E-state index contributed by atoms with van der Waals surface area (Å²) >= 11 is 1.45. The fourth-order valence-corrected chi connectivity index (χ4v) is 9.90. The number of hydrogen-bond acceptors (Lipinski definition) is 12. The maximum Gasteiger partial charge on any atom is 0.330 e. The van der Waals surface area contributed by atoms with E-state index in [1.165, 1.54) is 16.2 Å². The number of carbonyl (C=O) groups is 6. The lowest BCUT2D eigenvalue weighted by Crippen LogP contribution is -2.59. The first-order valence-corrected chi connectivity index (χ1v) is 23.8. The Morgan fingerprint density at radius 1 is 1.00 bits per heavy atom. The lowest BCUT2D eigenvalue weighted by Gasteiger charge is -2.35. The zero-order valence-electron chi connectivity index (χ0n) is 38.6. The molecule has 2 aromatic carbocycles. The fraction of sp³-hybridized carbons (Fsp3) is 0.469. The van der Waals surface area contributed by atoms with Crippen molar-refractivity contribution in [1.29, 1.82) is 0 Å². The molecule has 0 bridgehead atoms. The number of rotatable bonds is 11. The molecule has 1 saturated carbocycles. The Hall–Kier alpha value is -6.56. The molecule has 2 fully saturated rings. The van der Waals surface area contributed by atoms with E-state index < -0.39 is 76.7 Å². The van der Waals surface area contributed by atoms with Crippen molar-refractivity contribution in [2.24, 2.45) is 11.3 Å². The number of anilines is 1. The van der Waals surface area contributed by atoms with E-state index in [1.807, 2.05) is 58.2 Å². The molecule has 6 amide bonds. The van der Waals surface area contributed by atoms with Crippen LogP contribution in [0, 0.1) is 11.3 Å². The topological polar surface area (TPSA) is 221 Å². The van der Waals surface area contributed by atoms with E-state index in [0.29, 0.717) is 57.8 Å². The normalized spacial score (nSPS) is 24.2. The molecule has 0 radical (unpaired) electrons. The van der Waals surface area contributed by atoms with Crippen molar-refractivity contribution in [3.8, 4) is 22.9 Å². The summed E-state index contributed by atoms with van der Waals surface area (Å²) in [7, 11) is 1.57. The molecular weight excluding hydrogens is 877 g/mol. The largest absolute Gasteiger partial charge is 0.497 e. The molecule has 1 unspecified atom stereocenters. The highest BCUT2D eigenvalue weighted by Crippen LogP contribution is 2.46. The Balaban J connectivity index is 1.08. The molecule has 4 aliphatic rings. The van der Waals surface area contributed by atoms with E-state index in [2.05, 4.69) is 21.3 Å². The highest BCUT2D eigenvalue weighted by atomic mass is 32.1. The molecule has 5 heterocycles. The Kier molecular flexibility index (Phi) is 13.3. The lowest BCUT2D eigenvalue weighted by molar-refractivity contribution is -0.145. The zero-order valence-corrected chi connectivity index (χ0v) is 39.4. The van der Waals surface area contributed by atoms with Crippen molar-refractivity contribution in [3.63, 3.8) is 0 Å². The summed E-state index contributed by atoms with van der Waals surface area (Å²) in [6, 6.07) is 10.3. The molecule has 6 atom stereocenters. The van der Waals surface area contributed by atoms with Gasteiger partial charge in [-0.3, -0.25) is 24.1 Å². The number of urea groups is 1. The predicted octanol–water partition coefficient (Wildman–Crippen LogP) is 6.39. The molecule has 5 N–H and O–H groups in total. The molecule has 1 saturated heterocycles. The van der Waals surface area contributed by atoms with Gasteiger partial charge in [-0.25, -0.2) is 19.6 Å². The third kappa shape index (κ3) is 9.94. The van der Waals surface area contributed by atoms with Crippen LogP contribution < -0.4 is 30.7 Å². The van der Waals surface area contributed by atoms with Crippen LogP contribution in [0.15, 0.2) is 66.1 Å². The second kappa shape index (κ2) is 19.0. The minimum atomic E-state index is -1.52. The van der Waals surface area contributed by atoms with Gasteiger partial charge in [0.05, 0.1) is 48.6 Å². The Morgan fingerprint density at radius 2 is 1.75 bits per heavy atom. The highest BCUT2D eigenvalue weighted by molar-refractivity contribution is 7.14. The second-order valence-electron chi connectivity index (χ2n) is 19.2. The van der Waals surface area contributed by atoms with Crippen molar-refractivity contribution in [1.82, 2.24) is 35.7 Å². The van der Waals surface area contributed by atoms with Gasteiger partial charge in [-0.1, -0.05) is 57.9 Å². The number of allylic oxidation sites excluding steroid dienone is 1. The van der Waals surface area contributed by atoms with Gasteiger partial charge in [-0.05, 0) is 69.2 Å². The van der Waals surface area contributed by atoms with Crippen LogP contribution >= 0.6 is 11.3 Å².